The maximum absolute atomic E-state index is 12.2. The number of nitro benzene ring substituents is 1. The quantitative estimate of drug-likeness (QED) is 0.515. The van der Waals surface area contributed by atoms with Gasteiger partial charge in [0.25, 0.3) is 11.6 Å². The van der Waals surface area contributed by atoms with Crippen molar-refractivity contribution in [3.8, 4) is 0 Å². The fraction of sp³-hybridized carbons (Fsp3) is 0.533. The lowest BCUT2D eigenvalue weighted by molar-refractivity contribution is -0.385. The number of amides is 1. The fourth-order valence-corrected chi connectivity index (χ4v) is 3.31. The molecule has 0 bridgehead atoms. The van der Waals surface area contributed by atoms with Crippen molar-refractivity contribution in [1.82, 2.24) is 5.32 Å². The number of halogens is 1. The topological polar surface area (TPSA) is 72.2 Å². The SMILES string of the molecule is O=C(NCC1CCCCC1CCl)c1ccccc1[N+](=O)[O-]. The number of nitrogens with one attached hydrogen (secondary N) is 1. The number of hydrogen-bond donors (Lipinski definition) is 1. The Labute approximate surface area is 128 Å². The molecule has 1 N–H and O–H groups in total. The molecule has 1 aliphatic rings. The van der Waals surface area contributed by atoms with Crippen LogP contribution < -0.4 is 5.32 Å². The lowest BCUT2D eigenvalue weighted by Crippen LogP contribution is -2.35. The molecule has 6 heteroatoms. The number of hydrogen-bond acceptors (Lipinski definition) is 3. The summed E-state index contributed by atoms with van der Waals surface area (Å²) in [6.07, 6.45) is 4.48. The van der Waals surface area contributed by atoms with Gasteiger partial charge in [-0.3, -0.25) is 14.9 Å². The summed E-state index contributed by atoms with van der Waals surface area (Å²) in [5.41, 5.74) is -0.0479. The Morgan fingerprint density at radius 3 is 2.62 bits per heavy atom. The van der Waals surface area contributed by atoms with E-state index in [1.54, 1.807) is 12.1 Å². The van der Waals surface area contributed by atoms with Crippen LogP contribution in [0.15, 0.2) is 24.3 Å². The summed E-state index contributed by atoms with van der Waals surface area (Å²) >= 11 is 5.97. The third-order valence-corrected chi connectivity index (χ3v) is 4.53. The molecule has 1 aromatic carbocycles. The van der Waals surface area contributed by atoms with Crippen LogP contribution in [0.2, 0.25) is 0 Å². The molecule has 1 fully saturated rings. The van der Waals surface area contributed by atoms with E-state index in [0.717, 1.165) is 19.3 Å². The predicted octanol–water partition coefficient (Wildman–Crippen LogP) is 3.37. The van der Waals surface area contributed by atoms with Crippen LogP contribution in [0.4, 0.5) is 5.69 Å². The molecule has 1 aliphatic carbocycles. The van der Waals surface area contributed by atoms with E-state index in [1.807, 2.05) is 0 Å². The normalized spacial score (nSPS) is 21.8. The molecule has 0 radical (unpaired) electrons. The molecule has 114 valence electrons. The molecule has 2 atom stereocenters. The predicted molar refractivity (Wildman–Crippen MR) is 81.6 cm³/mol. The lowest BCUT2D eigenvalue weighted by atomic mass is 9.80. The lowest BCUT2D eigenvalue weighted by Gasteiger charge is -2.30. The molecular weight excluding hydrogens is 292 g/mol. The zero-order chi connectivity index (χ0) is 15.2. The molecule has 0 heterocycles. The van der Waals surface area contributed by atoms with Crippen molar-refractivity contribution in [2.45, 2.75) is 25.7 Å². The van der Waals surface area contributed by atoms with Gasteiger partial charge in [0.15, 0.2) is 0 Å². The van der Waals surface area contributed by atoms with Crippen molar-refractivity contribution in [3.05, 3.63) is 39.9 Å². The molecule has 0 aliphatic heterocycles. The average molecular weight is 311 g/mol. The highest BCUT2D eigenvalue weighted by atomic mass is 35.5. The minimum absolute atomic E-state index is 0.112. The van der Waals surface area contributed by atoms with Crippen LogP contribution in [0.1, 0.15) is 36.0 Å². The first-order valence-electron chi connectivity index (χ1n) is 7.21. The van der Waals surface area contributed by atoms with Gasteiger partial charge in [0.05, 0.1) is 4.92 Å². The number of carbonyl (C=O) groups is 1. The number of nitrogens with zero attached hydrogens (tertiary/aromatic N) is 1. The number of nitro groups is 1. The monoisotopic (exact) mass is 310 g/mol. The van der Waals surface area contributed by atoms with Gasteiger partial charge in [0.2, 0.25) is 0 Å². The maximum atomic E-state index is 12.2. The third kappa shape index (κ3) is 3.94. The Balaban J connectivity index is 2.00. The Bertz CT molecular complexity index is 521. The van der Waals surface area contributed by atoms with E-state index < -0.39 is 4.92 Å². The Kier molecular flexibility index (Phi) is 5.56. The number of rotatable bonds is 5. The van der Waals surface area contributed by atoms with Crippen LogP contribution in [0.3, 0.4) is 0 Å². The van der Waals surface area contributed by atoms with Crippen molar-refractivity contribution >= 4 is 23.2 Å². The molecule has 5 nitrogen and oxygen atoms in total. The van der Waals surface area contributed by atoms with E-state index in [1.165, 1.54) is 18.6 Å². The van der Waals surface area contributed by atoms with Gasteiger partial charge in [0, 0.05) is 18.5 Å². The standard InChI is InChI=1S/C15H19ClN2O3/c16-9-11-5-1-2-6-12(11)10-17-15(19)13-7-3-4-8-14(13)18(20)21/h3-4,7-8,11-12H,1-2,5-6,9-10H2,(H,17,19). The molecule has 1 saturated carbocycles. The largest absolute Gasteiger partial charge is 0.352 e. The van der Waals surface area contributed by atoms with E-state index in [2.05, 4.69) is 5.32 Å². The van der Waals surface area contributed by atoms with Gasteiger partial charge >= 0.3 is 0 Å². The number of para-hydroxylation sites is 1. The molecular formula is C15H19ClN2O3. The highest BCUT2D eigenvalue weighted by Crippen LogP contribution is 2.30. The highest BCUT2D eigenvalue weighted by molar-refractivity contribution is 6.18. The zero-order valence-electron chi connectivity index (χ0n) is 11.8. The van der Waals surface area contributed by atoms with E-state index in [9.17, 15) is 14.9 Å². The second kappa shape index (κ2) is 7.41. The van der Waals surface area contributed by atoms with Crippen LogP contribution in [-0.4, -0.2) is 23.3 Å². The van der Waals surface area contributed by atoms with Gasteiger partial charge in [-0.2, -0.15) is 0 Å². The van der Waals surface area contributed by atoms with Crippen molar-refractivity contribution in [3.63, 3.8) is 0 Å². The molecule has 21 heavy (non-hydrogen) atoms. The maximum Gasteiger partial charge on any atom is 0.282 e. The van der Waals surface area contributed by atoms with Crippen LogP contribution in [0, 0.1) is 22.0 Å². The number of carbonyl (C=O) groups excluding carboxylic acids is 1. The zero-order valence-corrected chi connectivity index (χ0v) is 12.5. The van der Waals surface area contributed by atoms with Crippen molar-refractivity contribution in [2.24, 2.45) is 11.8 Å². The van der Waals surface area contributed by atoms with Gasteiger partial charge in [-0.05, 0) is 30.7 Å². The van der Waals surface area contributed by atoms with E-state index in [-0.39, 0.29) is 17.2 Å². The summed E-state index contributed by atoms with van der Waals surface area (Å²) < 4.78 is 0. The molecule has 0 spiro atoms. The minimum atomic E-state index is -0.531. The Morgan fingerprint density at radius 1 is 1.29 bits per heavy atom. The summed E-state index contributed by atoms with van der Waals surface area (Å²) in [6, 6.07) is 6.01. The first-order valence-corrected chi connectivity index (χ1v) is 7.74. The smallest absolute Gasteiger partial charge is 0.282 e. The Hall–Kier alpha value is -1.62. The van der Waals surface area contributed by atoms with Crippen molar-refractivity contribution in [1.29, 1.82) is 0 Å². The second-order valence-electron chi connectivity index (χ2n) is 5.44. The summed E-state index contributed by atoms with van der Waals surface area (Å²) in [6.45, 7) is 0.530. The summed E-state index contributed by atoms with van der Waals surface area (Å²) in [7, 11) is 0. The number of alkyl halides is 1. The first-order chi connectivity index (χ1) is 10.1. The summed E-state index contributed by atoms with van der Waals surface area (Å²) in [5, 5.41) is 13.8. The molecule has 1 aromatic rings. The average Bonchev–Trinajstić information content (AvgIpc) is 2.52. The van der Waals surface area contributed by atoms with Crippen LogP contribution in [0.5, 0.6) is 0 Å². The van der Waals surface area contributed by atoms with Gasteiger partial charge in [-0.15, -0.1) is 11.6 Å². The minimum Gasteiger partial charge on any atom is -0.352 e. The number of benzene rings is 1. The first kappa shape index (κ1) is 15.8. The molecule has 0 aromatic heterocycles. The van der Waals surface area contributed by atoms with Crippen molar-refractivity contribution < 1.29 is 9.72 Å². The van der Waals surface area contributed by atoms with Crippen LogP contribution in [-0.2, 0) is 0 Å². The fourth-order valence-electron chi connectivity index (χ4n) is 2.90. The van der Waals surface area contributed by atoms with Gasteiger partial charge < -0.3 is 5.32 Å². The van der Waals surface area contributed by atoms with Crippen LogP contribution >= 0.6 is 11.6 Å². The molecule has 0 saturated heterocycles. The van der Waals surface area contributed by atoms with E-state index in [4.69, 9.17) is 11.6 Å². The van der Waals surface area contributed by atoms with Crippen LogP contribution in [0.25, 0.3) is 0 Å². The van der Waals surface area contributed by atoms with Gasteiger partial charge in [-0.1, -0.05) is 25.0 Å². The molecule has 2 unspecified atom stereocenters. The highest BCUT2D eigenvalue weighted by Gasteiger charge is 2.26. The summed E-state index contributed by atoms with van der Waals surface area (Å²) in [4.78, 5) is 22.6. The van der Waals surface area contributed by atoms with Crippen molar-refractivity contribution in [2.75, 3.05) is 12.4 Å². The van der Waals surface area contributed by atoms with Gasteiger partial charge in [-0.25, -0.2) is 0 Å². The Morgan fingerprint density at radius 2 is 1.95 bits per heavy atom. The second-order valence-corrected chi connectivity index (χ2v) is 5.75. The van der Waals surface area contributed by atoms with Gasteiger partial charge in [0.1, 0.15) is 5.56 Å². The molecule has 1 amide bonds. The van der Waals surface area contributed by atoms with E-state index >= 15 is 0 Å². The molecule has 2 rings (SSSR count). The van der Waals surface area contributed by atoms with E-state index in [0.29, 0.717) is 24.3 Å². The summed E-state index contributed by atoms with van der Waals surface area (Å²) in [5.74, 6) is 1.00. The third-order valence-electron chi connectivity index (χ3n) is 4.13.